The van der Waals surface area contributed by atoms with Crippen molar-refractivity contribution in [3.63, 3.8) is 0 Å². The first kappa shape index (κ1) is 25.5. The third-order valence-corrected chi connectivity index (χ3v) is 7.71. The number of fused-ring (bicyclic) bond motifs is 1. The summed E-state index contributed by atoms with van der Waals surface area (Å²) in [7, 11) is 1.67. The minimum absolute atomic E-state index is 0.0902. The quantitative estimate of drug-likeness (QED) is 0.443. The van der Waals surface area contributed by atoms with E-state index >= 15 is 0 Å². The zero-order valence-corrected chi connectivity index (χ0v) is 20.8. The van der Waals surface area contributed by atoms with E-state index in [-0.39, 0.29) is 24.9 Å². The Morgan fingerprint density at radius 2 is 1.84 bits per heavy atom. The van der Waals surface area contributed by atoms with Gasteiger partial charge in [0.2, 0.25) is 5.91 Å². The van der Waals surface area contributed by atoms with Crippen LogP contribution in [0.1, 0.15) is 43.2 Å². The summed E-state index contributed by atoms with van der Waals surface area (Å²) < 4.78 is 40.8. The number of amides is 1. The molecule has 1 amide bonds. The van der Waals surface area contributed by atoms with Crippen LogP contribution in [0.4, 0.5) is 19.0 Å². The Morgan fingerprint density at radius 3 is 2.51 bits per heavy atom. The van der Waals surface area contributed by atoms with E-state index < -0.39 is 17.3 Å². The van der Waals surface area contributed by atoms with E-state index in [4.69, 9.17) is 0 Å². The summed E-state index contributed by atoms with van der Waals surface area (Å²) in [5, 5.41) is 21.7. The largest absolute Gasteiger partial charge is 0.416 e. The highest BCUT2D eigenvalue weighted by atomic mass is 19.4. The summed E-state index contributed by atoms with van der Waals surface area (Å²) in [4.78, 5) is 14.8. The minimum Gasteiger partial charge on any atom is -0.385 e. The van der Waals surface area contributed by atoms with Gasteiger partial charge in [0.05, 0.1) is 22.7 Å². The van der Waals surface area contributed by atoms with Crippen LogP contribution in [0.3, 0.4) is 0 Å². The maximum Gasteiger partial charge on any atom is 0.416 e. The number of aryl methyl sites for hydroxylation is 1. The van der Waals surface area contributed by atoms with Gasteiger partial charge in [-0.05, 0) is 49.4 Å². The van der Waals surface area contributed by atoms with Crippen LogP contribution in [0, 0.1) is 0 Å². The molecule has 1 aromatic heterocycles. The fraction of sp³-hybridized carbons (Fsp3) is 0.481. The third kappa shape index (κ3) is 5.45. The number of nitrogens with one attached hydrogen (secondary N) is 2. The molecule has 37 heavy (non-hydrogen) atoms. The molecule has 2 heterocycles. The summed E-state index contributed by atoms with van der Waals surface area (Å²) in [5.74, 6) is 0.231. The number of aromatic nitrogens is 2. The maximum atomic E-state index is 13.1. The van der Waals surface area contributed by atoms with Crippen LogP contribution in [0.25, 0.3) is 10.9 Å². The zero-order valence-electron chi connectivity index (χ0n) is 20.8. The number of rotatable bonds is 7. The molecule has 0 spiro atoms. The lowest BCUT2D eigenvalue weighted by atomic mass is 9.76. The van der Waals surface area contributed by atoms with Crippen molar-refractivity contribution in [2.75, 3.05) is 25.0 Å². The van der Waals surface area contributed by atoms with Gasteiger partial charge in [-0.2, -0.15) is 18.3 Å². The van der Waals surface area contributed by atoms with E-state index in [0.717, 1.165) is 56.5 Å². The first-order valence-corrected chi connectivity index (χ1v) is 12.7. The molecule has 1 saturated carbocycles. The lowest BCUT2D eigenvalue weighted by molar-refractivity contribution is -0.137. The predicted molar refractivity (Wildman–Crippen MR) is 135 cm³/mol. The third-order valence-electron chi connectivity index (χ3n) is 7.71. The second kappa shape index (κ2) is 9.98. The molecule has 1 aliphatic carbocycles. The number of halogens is 3. The molecule has 10 heteroatoms. The van der Waals surface area contributed by atoms with Crippen molar-refractivity contribution in [2.45, 2.75) is 56.0 Å². The average molecular weight is 516 g/mol. The van der Waals surface area contributed by atoms with Gasteiger partial charge in [0.25, 0.3) is 0 Å². The summed E-state index contributed by atoms with van der Waals surface area (Å²) in [5.41, 5.74) is 0.0806. The van der Waals surface area contributed by atoms with E-state index in [1.165, 1.54) is 10.7 Å². The molecule has 2 fully saturated rings. The minimum atomic E-state index is -4.43. The molecule has 2 aromatic carbocycles. The second-order valence-electron chi connectivity index (χ2n) is 10.2. The molecule has 1 saturated heterocycles. The van der Waals surface area contributed by atoms with E-state index in [1.807, 2.05) is 30.3 Å². The highest BCUT2D eigenvalue weighted by Crippen LogP contribution is 2.39. The summed E-state index contributed by atoms with van der Waals surface area (Å²) in [6.45, 7) is 1.85. The van der Waals surface area contributed by atoms with Gasteiger partial charge in [0.15, 0.2) is 5.82 Å². The van der Waals surface area contributed by atoms with Gasteiger partial charge in [0.1, 0.15) is 0 Å². The van der Waals surface area contributed by atoms with Crippen LogP contribution in [-0.2, 0) is 23.6 Å². The standard InChI is InChI=1S/C27H32F3N5O2/c1-34-23-8-7-19(27(28,29)30)15-22(23)25(33-34)31-14-11-24(36)32-20-16-35(17-20)21-9-12-26(37,13-10-21)18-5-3-2-4-6-18/h2-8,15,20-21,37H,9-14,16-17H2,1H3,(H,31,33)(H,32,36). The molecular formula is C27H32F3N5O2. The molecule has 2 aliphatic rings. The van der Waals surface area contributed by atoms with Gasteiger partial charge in [-0.1, -0.05) is 30.3 Å². The Labute approximate surface area is 213 Å². The maximum absolute atomic E-state index is 13.1. The average Bonchev–Trinajstić information content (AvgIpc) is 3.17. The van der Waals surface area contributed by atoms with Crippen molar-refractivity contribution in [3.8, 4) is 0 Å². The SMILES string of the molecule is Cn1nc(NCCC(=O)NC2CN(C3CCC(O)(c4ccccc4)CC3)C2)c2cc(C(F)(F)F)ccc21. The lowest BCUT2D eigenvalue weighted by Gasteiger charge is -2.48. The van der Waals surface area contributed by atoms with Crippen molar-refractivity contribution in [1.29, 1.82) is 0 Å². The lowest BCUT2D eigenvalue weighted by Crippen LogP contribution is -2.63. The molecule has 0 unspecified atom stereocenters. The molecule has 7 nitrogen and oxygen atoms in total. The first-order chi connectivity index (χ1) is 17.6. The van der Waals surface area contributed by atoms with E-state index in [1.54, 1.807) is 7.05 Å². The first-order valence-electron chi connectivity index (χ1n) is 12.7. The van der Waals surface area contributed by atoms with Gasteiger partial charge in [-0.3, -0.25) is 14.4 Å². The molecule has 0 bridgehead atoms. The smallest absolute Gasteiger partial charge is 0.385 e. The Morgan fingerprint density at radius 1 is 1.14 bits per heavy atom. The number of aliphatic hydroxyl groups is 1. The summed E-state index contributed by atoms with van der Waals surface area (Å²) >= 11 is 0. The fourth-order valence-corrected chi connectivity index (χ4v) is 5.55. The Kier molecular flexibility index (Phi) is 6.89. The van der Waals surface area contributed by atoms with Gasteiger partial charge in [-0.25, -0.2) is 0 Å². The molecule has 0 radical (unpaired) electrons. The van der Waals surface area contributed by atoms with Crippen molar-refractivity contribution in [1.82, 2.24) is 20.0 Å². The number of alkyl halides is 3. The van der Waals surface area contributed by atoms with Crippen molar-refractivity contribution < 1.29 is 23.1 Å². The number of hydrogen-bond acceptors (Lipinski definition) is 5. The molecule has 5 rings (SSSR count). The second-order valence-corrected chi connectivity index (χ2v) is 10.2. The number of carbonyl (C=O) groups excluding carboxylic acids is 1. The zero-order chi connectivity index (χ0) is 26.2. The molecule has 198 valence electrons. The van der Waals surface area contributed by atoms with Gasteiger partial charge in [0, 0.05) is 44.5 Å². The molecule has 1 aliphatic heterocycles. The topological polar surface area (TPSA) is 82.4 Å². The molecule has 3 aromatic rings. The number of nitrogens with zero attached hydrogens (tertiary/aromatic N) is 3. The van der Waals surface area contributed by atoms with E-state index in [9.17, 15) is 23.1 Å². The van der Waals surface area contributed by atoms with Gasteiger partial charge < -0.3 is 15.7 Å². The summed E-state index contributed by atoms with van der Waals surface area (Å²) in [6, 6.07) is 13.9. The van der Waals surface area contributed by atoms with Crippen molar-refractivity contribution in [3.05, 3.63) is 59.7 Å². The van der Waals surface area contributed by atoms with E-state index in [0.29, 0.717) is 22.8 Å². The Bertz CT molecular complexity index is 1250. The predicted octanol–water partition coefficient (Wildman–Crippen LogP) is 4.02. The van der Waals surface area contributed by atoms with Crippen molar-refractivity contribution >= 4 is 22.6 Å². The highest BCUT2D eigenvalue weighted by Gasteiger charge is 2.40. The summed E-state index contributed by atoms with van der Waals surface area (Å²) in [6.07, 6.45) is -0.936. The van der Waals surface area contributed by atoms with Crippen molar-refractivity contribution in [2.24, 2.45) is 7.05 Å². The molecule has 3 N–H and O–H groups in total. The number of likely N-dealkylation sites (tertiary alicyclic amines) is 1. The number of carbonyl (C=O) groups is 1. The molecular weight excluding hydrogens is 483 g/mol. The Hall–Kier alpha value is -3.11. The van der Waals surface area contributed by atoms with Crippen LogP contribution < -0.4 is 10.6 Å². The van der Waals surface area contributed by atoms with Gasteiger partial charge >= 0.3 is 6.18 Å². The molecule has 0 atom stereocenters. The van der Waals surface area contributed by atoms with E-state index in [2.05, 4.69) is 20.6 Å². The van der Waals surface area contributed by atoms with Crippen LogP contribution >= 0.6 is 0 Å². The van der Waals surface area contributed by atoms with Crippen LogP contribution in [0.15, 0.2) is 48.5 Å². The number of hydrogen-bond donors (Lipinski definition) is 3. The number of benzene rings is 2. The highest BCUT2D eigenvalue weighted by molar-refractivity contribution is 5.91. The normalized spacial score (nSPS) is 23.1. The fourth-order valence-electron chi connectivity index (χ4n) is 5.55. The van der Waals surface area contributed by atoms with Crippen LogP contribution in [-0.4, -0.2) is 57.4 Å². The number of anilines is 1. The Balaban J connectivity index is 1.06. The van der Waals surface area contributed by atoms with Crippen LogP contribution in [0.2, 0.25) is 0 Å². The van der Waals surface area contributed by atoms with Gasteiger partial charge in [-0.15, -0.1) is 0 Å². The van der Waals surface area contributed by atoms with Crippen LogP contribution in [0.5, 0.6) is 0 Å². The monoisotopic (exact) mass is 515 g/mol.